The molecule has 1 aromatic carbocycles. The molecule has 0 bridgehead atoms. The molecule has 1 aromatic rings. The van der Waals surface area contributed by atoms with Gasteiger partial charge in [0.1, 0.15) is 0 Å². The average molecular weight is 263 g/mol. The first-order valence-electron chi connectivity index (χ1n) is 6.32. The van der Waals surface area contributed by atoms with Crippen molar-refractivity contribution in [1.29, 1.82) is 0 Å². The van der Waals surface area contributed by atoms with Gasteiger partial charge in [-0.2, -0.15) is 0 Å². The van der Waals surface area contributed by atoms with Crippen molar-refractivity contribution < 1.29 is 9.59 Å². The number of carbonyl (C=O) groups is 2. The van der Waals surface area contributed by atoms with Gasteiger partial charge in [-0.3, -0.25) is 9.59 Å². The molecule has 0 radical (unpaired) electrons. The summed E-state index contributed by atoms with van der Waals surface area (Å²) in [6, 6.07) is 6.17. The Labute approximate surface area is 113 Å². The highest BCUT2D eigenvalue weighted by Crippen LogP contribution is 2.11. The van der Waals surface area contributed by atoms with E-state index in [-0.39, 0.29) is 11.8 Å². The van der Waals surface area contributed by atoms with E-state index in [2.05, 4.69) is 10.6 Å². The van der Waals surface area contributed by atoms with Gasteiger partial charge in [0.25, 0.3) is 5.91 Å². The summed E-state index contributed by atoms with van der Waals surface area (Å²) in [7, 11) is 1.57. The molecule has 1 unspecified atom stereocenters. The predicted molar refractivity (Wildman–Crippen MR) is 75.9 cm³/mol. The summed E-state index contributed by atoms with van der Waals surface area (Å²) in [4.78, 5) is 23.2. The summed E-state index contributed by atoms with van der Waals surface area (Å²) in [6.45, 7) is 4.04. The van der Waals surface area contributed by atoms with Crippen molar-refractivity contribution in [2.75, 3.05) is 12.4 Å². The summed E-state index contributed by atoms with van der Waals surface area (Å²) in [5.41, 5.74) is 6.97. The summed E-state index contributed by atoms with van der Waals surface area (Å²) in [5, 5.41) is 5.27. The largest absolute Gasteiger partial charge is 0.355 e. The SMILES string of the molecule is CNC(=O)c1ccc(NC(=O)C(N)CC(C)C)cc1. The third kappa shape index (κ3) is 4.71. The number of nitrogens with two attached hydrogens (primary N) is 1. The highest BCUT2D eigenvalue weighted by molar-refractivity contribution is 5.96. The third-order valence-corrected chi connectivity index (χ3v) is 2.70. The molecule has 0 aliphatic heterocycles. The van der Waals surface area contributed by atoms with Gasteiger partial charge in [0.2, 0.25) is 5.91 Å². The molecule has 1 atom stereocenters. The van der Waals surface area contributed by atoms with Crippen molar-refractivity contribution in [2.45, 2.75) is 26.3 Å². The molecule has 104 valence electrons. The molecule has 0 aliphatic carbocycles. The van der Waals surface area contributed by atoms with Crippen LogP contribution in [0.15, 0.2) is 24.3 Å². The molecule has 0 fully saturated rings. The lowest BCUT2D eigenvalue weighted by atomic mass is 10.0. The fourth-order valence-corrected chi connectivity index (χ4v) is 1.70. The van der Waals surface area contributed by atoms with Crippen molar-refractivity contribution >= 4 is 17.5 Å². The molecule has 1 rings (SSSR count). The third-order valence-electron chi connectivity index (χ3n) is 2.70. The second-order valence-corrected chi connectivity index (χ2v) is 4.88. The Hall–Kier alpha value is -1.88. The van der Waals surface area contributed by atoms with Crippen LogP contribution in [0.25, 0.3) is 0 Å². The van der Waals surface area contributed by atoms with Crippen molar-refractivity contribution in [2.24, 2.45) is 11.7 Å². The van der Waals surface area contributed by atoms with E-state index >= 15 is 0 Å². The van der Waals surface area contributed by atoms with Crippen LogP contribution in [0.2, 0.25) is 0 Å². The van der Waals surface area contributed by atoms with E-state index in [0.29, 0.717) is 23.6 Å². The van der Waals surface area contributed by atoms with Crippen molar-refractivity contribution in [3.63, 3.8) is 0 Å². The van der Waals surface area contributed by atoms with Crippen molar-refractivity contribution in [3.8, 4) is 0 Å². The molecule has 0 aliphatic rings. The topological polar surface area (TPSA) is 84.2 Å². The van der Waals surface area contributed by atoms with Crippen LogP contribution in [0.3, 0.4) is 0 Å². The molecular weight excluding hydrogens is 242 g/mol. The van der Waals surface area contributed by atoms with E-state index in [1.807, 2.05) is 13.8 Å². The van der Waals surface area contributed by atoms with Gasteiger partial charge in [0.15, 0.2) is 0 Å². The Bertz CT molecular complexity index is 441. The van der Waals surface area contributed by atoms with Gasteiger partial charge in [-0.05, 0) is 36.6 Å². The van der Waals surface area contributed by atoms with E-state index in [1.54, 1.807) is 31.3 Å². The van der Waals surface area contributed by atoms with E-state index in [4.69, 9.17) is 5.73 Å². The molecular formula is C14H21N3O2. The molecule has 4 N–H and O–H groups in total. The highest BCUT2D eigenvalue weighted by Gasteiger charge is 2.15. The zero-order chi connectivity index (χ0) is 14.4. The monoisotopic (exact) mass is 263 g/mol. The van der Waals surface area contributed by atoms with Gasteiger partial charge in [-0.25, -0.2) is 0 Å². The average Bonchev–Trinajstić information content (AvgIpc) is 2.37. The lowest BCUT2D eigenvalue weighted by Gasteiger charge is -2.14. The standard InChI is InChI=1S/C14H21N3O2/c1-9(2)8-12(15)14(19)17-11-6-4-10(5-7-11)13(18)16-3/h4-7,9,12H,8,15H2,1-3H3,(H,16,18)(H,17,19). The van der Waals surface area contributed by atoms with E-state index < -0.39 is 6.04 Å². The first kappa shape index (κ1) is 15.2. The van der Waals surface area contributed by atoms with E-state index in [1.165, 1.54) is 0 Å². The van der Waals surface area contributed by atoms with Crippen LogP contribution in [-0.2, 0) is 4.79 Å². The van der Waals surface area contributed by atoms with Gasteiger partial charge in [0, 0.05) is 18.3 Å². The van der Waals surface area contributed by atoms with Crippen molar-refractivity contribution in [3.05, 3.63) is 29.8 Å². The smallest absolute Gasteiger partial charge is 0.251 e. The lowest BCUT2D eigenvalue weighted by molar-refractivity contribution is -0.117. The molecule has 5 nitrogen and oxygen atoms in total. The first-order valence-corrected chi connectivity index (χ1v) is 6.32. The van der Waals surface area contributed by atoms with E-state index in [9.17, 15) is 9.59 Å². The molecule has 0 heterocycles. The Balaban J connectivity index is 2.62. The number of carbonyl (C=O) groups excluding carboxylic acids is 2. The summed E-state index contributed by atoms with van der Waals surface area (Å²) < 4.78 is 0. The number of nitrogens with one attached hydrogen (secondary N) is 2. The second-order valence-electron chi connectivity index (χ2n) is 4.88. The maximum atomic E-state index is 11.8. The molecule has 0 saturated heterocycles. The molecule has 0 aromatic heterocycles. The van der Waals surface area contributed by atoms with Crippen LogP contribution in [-0.4, -0.2) is 24.9 Å². The first-order chi connectivity index (χ1) is 8.93. The van der Waals surface area contributed by atoms with Crippen LogP contribution in [0.4, 0.5) is 5.69 Å². The van der Waals surface area contributed by atoms with Gasteiger partial charge in [0.05, 0.1) is 6.04 Å². The maximum Gasteiger partial charge on any atom is 0.251 e. The zero-order valence-corrected chi connectivity index (χ0v) is 11.6. The number of hydrogen-bond acceptors (Lipinski definition) is 3. The second kappa shape index (κ2) is 6.89. The van der Waals surface area contributed by atoms with Crippen LogP contribution in [0.5, 0.6) is 0 Å². The Morgan fingerprint density at radius 2 is 1.79 bits per heavy atom. The summed E-state index contributed by atoms with van der Waals surface area (Å²) in [5.74, 6) is 0.00662. The molecule has 19 heavy (non-hydrogen) atoms. The summed E-state index contributed by atoms with van der Waals surface area (Å²) in [6.07, 6.45) is 0.641. The zero-order valence-electron chi connectivity index (χ0n) is 11.6. The summed E-state index contributed by atoms with van der Waals surface area (Å²) >= 11 is 0. The number of benzene rings is 1. The normalized spacial score (nSPS) is 12.1. The van der Waals surface area contributed by atoms with Gasteiger partial charge < -0.3 is 16.4 Å². The van der Waals surface area contributed by atoms with E-state index in [0.717, 1.165) is 0 Å². The fourth-order valence-electron chi connectivity index (χ4n) is 1.70. The molecule has 0 spiro atoms. The van der Waals surface area contributed by atoms with Gasteiger partial charge in [-0.1, -0.05) is 13.8 Å². The van der Waals surface area contributed by atoms with Crippen LogP contribution in [0, 0.1) is 5.92 Å². The minimum atomic E-state index is -0.515. The number of rotatable bonds is 5. The van der Waals surface area contributed by atoms with Gasteiger partial charge >= 0.3 is 0 Å². The Kier molecular flexibility index (Phi) is 5.51. The van der Waals surface area contributed by atoms with Crippen LogP contribution >= 0.6 is 0 Å². The molecule has 2 amide bonds. The van der Waals surface area contributed by atoms with Crippen LogP contribution < -0.4 is 16.4 Å². The van der Waals surface area contributed by atoms with Gasteiger partial charge in [-0.15, -0.1) is 0 Å². The fraction of sp³-hybridized carbons (Fsp3) is 0.429. The molecule has 5 heteroatoms. The number of amides is 2. The number of anilines is 1. The van der Waals surface area contributed by atoms with Crippen molar-refractivity contribution in [1.82, 2.24) is 5.32 Å². The highest BCUT2D eigenvalue weighted by atomic mass is 16.2. The minimum Gasteiger partial charge on any atom is -0.355 e. The Morgan fingerprint density at radius 3 is 2.26 bits per heavy atom. The van der Waals surface area contributed by atoms with Crippen LogP contribution in [0.1, 0.15) is 30.6 Å². The lowest BCUT2D eigenvalue weighted by Crippen LogP contribution is -2.36. The molecule has 0 saturated carbocycles. The number of hydrogen-bond donors (Lipinski definition) is 3. The Morgan fingerprint density at radius 1 is 1.21 bits per heavy atom. The maximum absolute atomic E-state index is 11.8. The quantitative estimate of drug-likeness (QED) is 0.750. The predicted octanol–water partition coefficient (Wildman–Crippen LogP) is 1.36. The minimum absolute atomic E-state index is 0.158.